The number of piperazine rings is 1. The van der Waals surface area contributed by atoms with Crippen LogP contribution in [0.4, 0.5) is 10.9 Å². The van der Waals surface area contributed by atoms with E-state index in [1.165, 1.54) is 6.33 Å². The summed E-state index contributed by atoms with van der Waals surface area (Å²) >= 11 is 14.5. The van der Waals surface area contributed by atoms with E-state index in [4.69, 9.17) is 28.2 Å². The van der Waals surface area contributed by atoms with Crippen molar-refractivity contribution < 1.29 is 9.59 Å². The molecule has 5 aromatic rings. The van der Waals surface area contributed by atoms with Crippen molar-refractivity contribution in [3.05, 3.63) is 69.7 Å². The molecular weight excluding hydrogens is 633 g/mol. The van der Waals surface area contributed by atoms with Gasteiger partial charge in [-0.1, -0.05) is 23.2 Å². The molecule has 45 heavy (non-hydrogen) atoms. The number of hydrogen-bond donors (Lipinski definition) is 2. The van der Waals surface area contributed by atoms with Crippen LogP contribution in [0, 0.1) is 0 Å². The highest BCUT2D eigenvalue weighted by Crippen LogP contribution is 2.32. The van der Waals surface area contributed by atoms with E-state index in [1.807, 2.05) is 27.3 Å². The van der Waals surface area contributed by atoms with E-state index in [-0.39, 0.29) is 17.9 Å². The van der Waals surface area contributed by atoms with Gasteiger partial charge in [-0.15, -0.1) is 11.3 Å². The lowest BCUT2D eigenvalue weighted by Gasteiger charge is -2.34. The van der Waals surface area contributed by atoms with Crippen LogP contribution < -0.4 is 10.2 Å². The number of nitrogens with one attached hydrogen (secondary N) is 2. The Morgan fingerprint density at radius 2 is 1.78 bits per heavy atom. The van der Waals surface area contributed by atoms with E-state index in [1.54, 1.807) is 35.7 Å². The highest BCUT2D eigenvalue weighted by molar-refractivity contribution is 7.13. The van der Waals surface area contributed by atoms with Gasteiger partial charge in [0.25, 0.3) is 5.91 Å². The van der Waals surface area contributed by atoms with Crippen molar-refractivity contribution in [2.45, 2.75) is 31.7 Å². The second-order valence-electron chi connectivity index (χ2n) is 11.3. The molecule has 2 N–H and O–H groups in total. The number of thiazole rings is 1. The van der Waals surface area contributed by atoms with Crippen LogP contribution in [0.25, 0.3) is 21.9 Å². The van der Waals surface area contributed by atoms with Crippen LogP contribution in [0.15, 0.2) is 48.2 Å². The number of anilines is 2. The van der Waals surface area contributed by atoms with Gasteiger partial charge in [0.1, 0.15) is 18.0 Å². The van der Waals surface area contributed by atoms with Gasteiger partial charge in [-0.25, -0.2) is 19.9 Å². The number of rotatable bonds is 8. The number of imidazole rings is 1. The molecule has 2 aliphatic heterocycles. The van der Waals surface area contributed by atoms with Crippen LogP contribution in [0.2, 0.25) is 10.0 Å². The summed E-state index contributed by atoms with van der Waals surface area (Å²) in [4.78, 5) is 54.1. The average molecular weight is 665 g/mol. The third-order valence-corrected chi connectivity index (χ3v) is 9.80. The van der Waals surface area contributed by atoms with Crippen molar-refractivity contribution in [3.8, 4) is 0 Å². The molecule has 2 aromatic carbocycles. The Morgan fingerprint density at radius 3 is 2.56 bits per heavy atom. The minimum Gasteiger partial charge on any atom is -0.359 e. The molecule has 232 valence electrons. The number of H-pyrrole nitrogens is 1. The van der Waals surface area contributed by atoms with Gasteiger partial charge < -0.3 is 25.0 Å². The summed E-state index contributed by atoms with van der Waals surface area (Å²) in [5.41, 5.74) is 2.60. The molecule has 2 fully saturated rings. The van der Waals surface area contributed by atoms with E-state index in [0.717, 1.165) is 55.2 Å². The van der Waals surface area contributed by atoms with Crippen molar-refractivity contribution in [1.82, 2.24) is 34.7 Å². The molecule has 0 saturated carbocycles. The van der Waals surface area contributed by atoms with E-state index >= 15 is 0 Å². The first-order chi connectivity index (χ1) is 21.9. The van der Waals surface area contributed by atoms with Gasteiger partial charge >= 0.3 is 0 Å². The van der Waals surface area contributed by atoms with Gasteiger partial charge in [0.2, 0.25) is 5.91 Å². The number of nitrogens with zero attached hydrogens (tertiary/aromatic N) is 7. The molecule has 0 aliphatic carbocycles. The standard InChI is InChI=1S/C31H31Cl2N9O2S/c32-19-3-4-23-26(15-19)39-29(37-23)24(5-6-27(43)40-10-12-42(13-11-40)31-34-7-14-45-31)38-28-21-16-22(33)20(17-25(21)35-18-36-28)30(44)41-8-1-2-9-41/h3-4,7,14-18,24H,1-2,5-6,8-13H2,(H,37,39)(H,35,36,38). The number of hydrogen-bond acceptors (Lipinski definition) is 9. The normalized spacial score (nSPS) is 16.1. The largest absolute Gasteiger partial charge is 0.359 e. The lowest BCUT2D eigenvalue weighted by atomic mass is 10.1. The predicted octanol–water partition coefficient (Wildman–Crippen LogP) is 5.79. The number of halogens is 2. The fourth-order valence-corrected chi connectivity index (χ4v) is 7.11. The number of carbonyl (C=O) groups is 2. The van der Waals surface area contributed by atoms with Gasteiger partial charge in [-0.3, -0.25) is 9.59 Å². The fourth-order valence-electron chi connectivity index (χ4n) is 6.00. The second kappa shape index (κ2) is 12.8. The first kappa shape index (κ1) is 29.7. The number of aromatic nitrogens is 5. The average Bonchev–Trinajstić information content (AvgIpc) is 3.85. The van der Waals surface area contributed by atoms with Gasteiger partial charge in [0, 0.05) is 67.7 Å². The molecule has 14 heteroatoms. The van der Waals surface area contributed by atoms with Gasteiger partial charge in [0.15, 0.2) is 5.13 Å². The Morgan fingerprint density at radius 1 is 0.956 bits per heavy atom. The second-order valence-corrected chi connectivity index (χ2v) is 13.0. The molecule has 7 rings (SSSR count). The summed E-state index contributed by atoms with van der Waals surface area (Å²) in [5, 5.41) is 8.09. The summed E-state index contributed by atoms with van der Waals surface area (Å²) in [7, 11) is 0. The lowest BCUT2D eigenvalue weighted by Crippen LogP contribution is -2.48. The Hall–Kier alpha value is -4.00. The number of fused-ring (bicyclic) bond motifs is 2. The highest BCUT2D eigenvalue weighted by Gasteiger charge is 2.26. The maximum Gasteiger partial charge on any atom is 0.255 e. The van der Waals surface area contributed by atoms with Crippen LogP contribution in [0.3, 0.4) is 0 Å². The molecule has 3 aromatic heterocycles. The molecule has 0 bridgehead atoms. The minimum atomic E-state index is -0.389. The molecule has 0 radical (unpaired) electrons. The van der Waals surface area contributed by atoms with E-state index in [2.05, 4.69) is 30.2 Å². The summed E-state index contributed by atoms with van der Waals surface area (Å²) < 4.78 is 0. The van der Waals surface area contributed by atoms with Crippen LogP contribution in [-0.4, -0.2) is 85.8 Å². The first-order valence-corrected chi connectivity index (χ1v) is 16.6. The number of likely N-dealkylation sites (tertiary alicyclic amines) is 1. The number of aromatic amines is 1. The van der Waals surface area contributed by atoms with Crippen molar-refractivity contribution in [1.29, 1.82) is 0 Å². The third kappa shape index (κ3) is 6.27. The number of carbonyl (C=O) groups excluding carboxylic acids is 2. The quantitative estimate of drug-likeness (QED) is 0.214. The van der Waals surface area contributed by atoms with E-state index in [0.29, 0.717) is 64.1 Å². The molecule has 5 heterocycles. The third-order valence-electron chi connectivity index (χ3n) is 8.42. The topological polar surface area (TPSA) is 123 Å². The van der Waals surface area contributed by atoms with Crippen molar-refractivity contribution in [3.63, 3.8) is 0 Å². The zero-order valence-electron chi connectivity index (χ0n) is 24.4. The number of benzene rings is 2. The van der Waals surface area contributed by atoms with E-state index in [9.17, 15) is 9.59 Å². The van der Waals surface area contributed by atoms with Crippen molar-refractivity contribution >= 4 is 79.2 Å². The minimum absolute atomic E-state index is 0.0837. The molecule has 1 atom stereocenters. The summed E-state index contributed by atoms with van der Waals surface area (Å²) in [6.45, 7) is 4.26. The van der Waals surface area contributed by atoms with Crippen LogP contribution >= 0.6 is 34.5 Å². The van der Waals surface area contributed by atoms with Crippen LogP contribution in [0.5, 0.6) is 0 Å². The van der Waals surface area contributed by atoms with Gasteiger partial charge in [-0.05, 0) is 49.6 Å². The van der Waals surface area contributed by atoms with E-state index < -0.39 is 0 Å². The van der Waals surface area contributed by atoms with Gasteiger partial charge in [-0.2, -0.15) is 0 Å². The molecule has 2 saturated heterocycles. The predicted molar refractivity (Wildman–Crippen MR) is 177 cm³/mol. The van der Waals surface area contributed by atoms with Crippen molar-refractivity contribution in [2.24, 2.45) is 0 Å². The Bertz CT molecular complexity index is 1850. The molecule has 0 spiro atoms. The number of amides is 2. The molecule has 2 amide bonds. The summed E-state index contributed by atoms with van der Waals surface area (Å²) in [5.74, 6) is 1.19. The zero-order valence-corrected chi connectivity index (χ0v) is 26.7. The van der Waals surface area contributed by atoms with Crippen LogP contribution in [-0.2, 0) is 4.79 Å². The summed E-state index contributed by atoms with van der Waals surface area (Å²) in [6.07, 6.45) is 6.03. The van der Waals surface area contributed by atoms with Crippen LogP contribution in [0.1, 0.15) is 47.9 Å². The molecular formula is C31H31Cl2N9O2S. The smallest absolute Gasteiger partial charge is 0.255 e. The zero-order chi connectivity index (χ0) is 30.9. The molecule has 2 aliphatic rings. The fraction of sp³-hybridized carbons (Fsp3) is 0.355. The maximum atomic E-state index is 13.4. The van der Waals surface area contributed by atoms with Gasteiger partial charge in [0.05, 0.1) is 33.2 Å². The summed E-state index contributed by atoms with van der Waals surface area (Å²) in [6, 6.07) is 8.58. The Balaban J connectivity index is 1.13. The maximum absolute atomic E-state index is 13.4. The highest BCUT2D eigenvalue weighted by atomic mass is 35.5. The Labute approximate surface area is 273 Å². The Kier molecular flexibility index (Phi) is 8.43. The monoisotopic (exact) mass is 663 g/mol. The van der Waals surface area contributed by atoms with Crippen molar-refractivity contribution in [2.75, 3.05) is 49.5 Å². The molecule has 11 nitrogen and oxygen atoms in total. The first-order valence-electron chi connectivity index (χ1n) is 15.0. The lowest BCUT2D eigenvalue weighted by molar-refractivity contribution is -0.131. The SMILES string of the molecule is O=C(CCC(Nc1ncnc2cc(C(=O)N3CCCC3)c(Cl)cc12)c1nc2ccc(Cl)cc2[nH]1)N1CCN(c2nccs2)CC1. The molecule has 1 unspecified atom stereocenters.